The van der Waals surface area contributed by atoms with E-state index in [4.69, 9.17) is 21.1 Å². The van der Waals surface area contributed by atoms with Crippen LogP contribution in [-0.4, -0.2) is 24.4 Å². The molecule has 1 aliphatic heterocycles. The Labute approximate surface area is 72.8 Å². The van der Waals surface area contributed by atoms with Gasteiger partial charge in [-0.1, -0.05) is 0 Å². The van der Waals surface area contributed by atoms with Gasteiger partial charge < -0.3 is 9.47 Å². The van der Waals surface area contributed by atoms with Crippen molar-refractivity contribution in [3.63, 3.8) is 0 Å². The fourth-order valence-corrected chi connectivity index (χ4v) is 1.53. The molecule has 0 aromatic rings. The smallest absolute Gasteiger partial charge is 0.174 e. The largest absolute Gasteiger partial charge is 0.354 e. The summed E-state index contributed by atoms with van der Waals surface area (Å²) in [6.45, 7) is 4.11. The van der Waals surface area contributed by atoms with E-state index in [0.29, 0.717) is 0 Å². The van der Waals surface area contributed by atoms with Crippen LogP contribution >= 0.6 is 11.6 Å². The normalized spacial score (nSPS) is 37.1. The van der Waals surface area contributed by atoms with Gasteiger partial charge in [0.15, 0.2) is 6.29 Å². The van der Waals surface area contributed by atoms with E-state index in [1.807, 2.05) is 0 Å². The summed E-state index contributed by atoms with van der Waals surface area (Å²) in [5.41, 5.74) is -0.0773. The number of hydrogen-bond donors (Lipinski definition) is 0. The van der Waals surface area contributed by atoms with Gasteiger partial charge in [-0.25, -0.2) is 0 Å². The molecule has 0 bridgehead atoms. The molecule has 1 saturated heterocycles. The molecule has 3 heteroatoms. The lowest BCUT2D eigenvalue weighted by atomic mass is 9.97. The summed E-state index contributed by atoms with van der Waals surface area (Å²) < 4.78 is 10.7. The van der Waals surface area contributed by atoms with Crippen LogP contribution in [0.4, 0.5) is 0 Å². The summed E-state index contributed by atoms with van der Waals surface area (Å²) in [6.07, 6.45) is 1.73. The molecule has 0 N–H and O–H groups in total. The van der Waals surface area contributed by atoms with E-state index in [0.717, 1.165) is 12.8 Å². The van der Waals surface area contributed by atoms with Gasteiger partial charge in [0.2, 0.25) is 0 Å². The predicted molar refractivity (Wildman–Crippen MR) is 44.8 cm³/mol. The molecule has 0 radical (unpaired) electrons. The van der Waals surface area contributed by atoms with Gasteiger partial charge in [-0.15, -0.1) is 11.6 Å². The van der Waals surface area contributed by atoms with Gasteiger partial charge in [0.25, 0.3) is 0 Å². The number of hydrogen-bond acceptors (Lipinski definition) is 2. The minimum atomic E-state index is -0.236. The first-order valence-electron chi connectivity index (χ1n) is 3.90. The Hall–Kier alpha value is 0.210. The SMILES string of the molecule is CO[C@H]1OC(C)(C)CC[C@H]1Cl. The summed E-state index contributed by atoms with van der Waals surface area (Å²) in [6, 6.07) is 0. The first kappa shape index (κ1) is 9.30. The van der Waals surface area contributed by atoms with Gasteiger partial charge in [-0.2, -0.15) is 0 Å². The van der Waals surface area contributed by atoms with Gasteiger partial charge in [-0.3, -0.25) is 0 Å². The van der Waals surface area contributed by atoms with E-state index >= 15 is 0 Å². The molecule has 66 valence electrons. The van der Waals surface area contributed by atoms with E-state index in [2.05, 4.69) is 13.8 Å². The topological polar surface area (TPSA) is 18.5 Å². The van der Waals surface area contributed by atoms with Crippen molar-refractivity contribution in [1.29, 1.82) is 0 Å². The van der Waals surface area contributed by atoms with Crippen molar-refractivity contribution >= 4 is 11.6 Å². The van der Waals surface area contributed by atoms with Crippen LogP contribution in [-0.2, 0) is 9.47 Å². The summed E-state index contributed by atoms with van der Waals surface area (Å²) in [5, 5.41) is 0.00743. The van der Waals surface area contributed by atoms with E-state index < -0.39 is 0 Å². The Morgan fingerprint density at radius 2 is 2.18 bits per heavy atom. The van der Waals surface area contributed by atoms with Crippen LogP contribution in [0.2, 0.25) is 0 Å². The van der Waals surface area contributed by atoms with Crippen molar-refractivity contribution < 1.29 is 9.47 Å². The third-order valence-electron chi connectivity index (χ3n) is 1.98. The second-order valence-electron chi connectivity index (χ2n) is 3.54. The molecule has 0 aromatic carbocycles. The molecule has 0 aliphatic carbocycles. The Morgan fingerprint density at radius 3 is 2.64 bits per heavy atom. The molecule has 2 nitrogen and oxygen atoms in total. The predicted octanol–water partition coefficient (Wildman–Crippen LogP) is 2.16. The summed E-state index contributed by atoms with van der Waals surface area (Å²) in [7, 11) is 1.63. The lowest BCUT2D eigenvalue weighted by Gasteiger charge is -2.37. The minimum Gasteiger partial charge on any atom is -0.354 e. The molecule has 0 spiro atoms. The molecule has 0 amide bonds. The van der Waals surface area contributed by atoms with Crippen LogP contribution in [0.3, 0.4) is 0 Å². The third-order valence-corrected chi connectivity index (χ3v) is 2.41. The minimum absolute atomic E-state index is 0.00743. The van der Waals surface area contributed by atoms with Crippen LogP contribution in [0.5, 0.6) is 0 Å². The number of alkyl halides is 1. The maximum absolute atomic E-state index is 5.96. The van der Waals surface area contributed by atoms with Crippen molar-refractivity contribution in [3.8, 4) is 0 Å². The molecule has 0 saturated carbocycles. The molecule has 2 atom stereocenters. The van der Waals surface area contributed by atoms with Crippen molar-refractivity contribution in [2.24, 2.45) is 0 Å². The summed E-state index contributed by atoms with van der Waals surface area (Å²) in [5.74, 6) is 0. The van der Waals surface area contributed by atoms with Crippen LogP contribution in [0.15, 0.2) is 0 Å². The van der Waals surface area contributed by atoms with Crippen LogP contribution < -0.4 is 0 Å². The van der Waals surface area contributed by atoms with Crippen molar-refractivity contribution in [1.82, 2.24) is 0 Å². The molecular formula is C8H15ClO2. The van der Waals surface area contributed by atoms with E-state index in [9.17, 15) is 0 Å². The highest BCUT2D eigenvalue weighted by Crippen LogP contribution is 2.31. The Bertz CT molecular complexity index is 136. The maximum Gasteiger partial charge on any atom is 0.174 e. The second kappa shape index (κ2) is 3.30. The van der Waals surface area contributed by atoms with Crippen molar-refractivity contribution in [2.45, 2.75) is 44.0 Å². The number of ether oxygens (including phenoxy) is 2. The lowest BCUT2D eigenvalue weighted by Crippen LogP contribution is -2.42. The Balaban J connectivity index is 2.51. The fourth-order valence-electron chi connectivity index (χ4n) is 1.26. The van der Waals surface area contributed by atoms with Gasteiger partial charge in [0.1, 0.15) is 0 Å². The zero-order chi connectivity index (χ0) is 8.48. The summed E-state index contributed by atoms with van der Waals surface area (Å²) in [4.78, 5) is 0. The summed E-state index contributed by atoms with van der Waals surface area (Å²) >= 11 is 5.96. The molecular weight excluding hydrogens is 164 g/mol. The monoisotopic (exact) mass is 178 g/mol. The third kappa shape index (κ3) is 2.32. The molecule has 1 fully saturated rings. The Kier molecular flexibility index (Phi) is 2.79. The van der Waals surface area contributed by atoms with Crippen LogP contribution in [0.1, 0.15) is 26.7 Å². The number of halogens is 1. The molecule has 0 unspecified atom stereocenters. The quantitative estimate of drug-likeness (QED) is 0.573. The molecule has 1 heterocycles. The second-order valence-corrected chi connectivity index (χ2v) is 4.10. The molecule has 1 rings (SSSR count). The molecule has 1 aliphatic rings. The molecule has 0 aromatic heterocycles. The van der Waals surface area contributed by atoms with E-state index in [1.165, 1.54) is 0 Å². The van der Waals surface area contributed by atoms with Gasteiger partial charge in [-0.05, 0) is 26.7 Å². The highest BCUT2D eigenvalue weighted by atomic mass is 35.5. The van der Waals surface area contributed by atoms with Crippen molar-refractivity contribution in [2.75, 3.05) is 7.11 Å². The number of methoxy groups -OCH3 is 1. The molecule has 11 heavy (non-hydrogen) atoms. The maximum atomic E-state index is 5.96. The van der Waals surface area contributed by atoms with E-state index in [1.54, 1.807) is 7.11 Å². The van der Waals surface area contributed by atoms with Gasteiger partial charge in [0, 0.05) is 7.11 Å². The van der Waals surface area contributed by atoms with Gasteiger partial charge in [0.05, 0.1) is 11.0 Å². The van der Waals surface area contributed by atoms with Gasteiger partial charge >= 0.3 is 0 Å². The highest BCUT2D eigenvalue weighted by Gasteiger charge is 2.34. The van der Waals surface area contributed by atoms with Crippen LogP contribution in [0.25, 0.3) is 0 Å². The zero-order valence-electron chi connectivity index (χ0n) is 7.26. The number of rotatable bonds is 1. The zero-order valence-corrected chi connectivity index (χ0v) is 8.02. The lowest BCUT2D eigenvalue weighted by molar-refractivity contribution is -0.210. The first-order valence-corrected chi connectivity index (χ1v) is 4.33. The standard InChI is InChI=1S/C8H15ClO2/c1-8(2)5-4-6(9)7(10-3)11-8/h6-7H,4-5H2,1-3H3/t6-,7+/m1/s1. The van der Waals surface area contributed by atoms with Crippen LogP contribution in [0, 0.1) is 0 Å². The average molecular weight is 179 g/mol. The van der Waals surface area contributed by atoms with E-state index in [-0.39, 0.29) is 17.3 Å². The highest BCUT2D eigenvalue weighted by molar-refractivity contribution is 6.20. The fraction of sp³-hybridized carbons (Fsp3) is 1.00. The Morgan fingerprint density at radius 1 is 1.55 bits per heavy atom. The average Bonchev–Trinajstić information content (AvgIpc) is 1.94. The first-order chi connectivity index (χ1) is 5.05. The van der Waals surface area contributed by atoms with Crippen molar-refractivity contribution in [3.05, 3.63) is 0 Å².